The van der Waals surface area contributed by atoms with Gasteiger partial charge >= 0.3 is 0 Å². The molecule has 2 aromatic carbocycles. The fraction of sp³-hybridized carbons (Fsp3) is 0.200. The standard InChI is InChI=1S/C15H15FOS/c1-10-8-15(13(11(2)17)9-14(10)16)18-12-6-4-3-5-7-12/h3-9,11,17H,1-2H3/t11-/m0/s1. The summed E-state index contributed by atoms with van der Waals surface area (Å²) in [5, 5.41) is 9.72. The van der Waals surface area contributed by atoms with Gasteiger partial charge in [0.1, 0.15) is 5.82 Å². The van der Waals surface area contributed by atoms with Gasteiger partial charge in [-0.05, 0) is 49.2 Å². The van der Waals surface area contributed by atoms with Crippen molar-refractivity contribution in [3.63, 3.8) is 0 Å². The maximum Gasteiger partial charge on any atom is 0.126 e. The second-order valence-corrected chi connectivity index (χ2v) is 5.35. The average Bonchev–Trinajstić information content (AvgIpc) is 2.34. The minimum Gasteiger partial charge on any atom is -0.389 e. The number of hydrogen-bond acceptors (Lipinski definition) is 2. The Morgan fingerprint density at radius 3 is 2.44 bits per heavy atom. The molecule has 1 nitrogen and oxygen atoms in total. The van der Waals surface area contributed by atoms with E-state index in [2.05, 4.69) is 0 Å². The molecule has 0 heterocycles. The number of hydrogen-bond donors (Lipinski definition) is 1. The molecule has 3 heteroatoms. The van der Waals surface area contributed by atoms with Crippen LogP contribution in [0.2, 0.25) is 0 Å². The molecule has 0 amide bonds. The molecule has 0 aliphatic carbocycles. The van der Waals surface area contributed by atoms with Gasteiger partial charge in [0.25, 0.3) is 0 Å². The third-order valence-electron chi connectivity index (χ3n) is 2.71. The minimum absolute atomic E-state index is 0.275. The van der Waals surface area contributed by atoms with Crippen LogP contribution in [0.5, 0.6) is 0 Å². The Balaban J connectivity index is 2.40. The Bertz CT molecular complexity index is 538. The van der Waals surface area contributed by atoms with Crippen LogP contribution in [-0.4, -0.2) is 5.11 Å². The highest BCUT2D eigenvalue weighted by Gasteiger charge is 2.12. The quantitative estimate of drug-likeness (QED) is 0.888. The average molecular weight is 262 g/mol. The van der Waals surface area contributed by atoms with Crippen LogP contribution >= 0.6 is 11.8 Å². The van der Waals surface area contributed by atoms with Gasteiger partial charge in [0.15, 0.2) is 0 Å². The van der Waals surface area contributed by atoms with Gasteiger partial charge in [-0.2, -0.15) is 0 Å². The third kappa shape index (κ3) is 2.92. The summed E-state index contributed by atoms with van der Waals surface area (Å²) in [6.07, 6.45) is -0.675. The normalized spacial score (nSPS) is 12.4. The third-order valence-corrected chi connectivity index (χ3v) is 3.79. The van der Waals surface area contributed by atoms with E-state index in [4.69, 9.17) is 0 Å². The molecule has 1 atom stereocenters. The highest BCUT2D eigenvalue weighted by Crippen LogP contribution is 2.34. The topological polar surface area (TPSA) is 20.2 Å². The van der Waals surface area contributed by atoms with Crippen molar-refractivity contribution in [3.8, 4) is 0 Å². The number of benzene rings is 2. The predicted molar refractivity (Wildman–Crippen MR) is 72.3 cm³/mol. The van der Waals surface area contributed by atoms with Gasteiger partial charge in [0, 0.05) is 9.79 Å². The fourth-order valence-electron chi connectivity index (χ4n) is 1.70. The van der Waals surface area contributed by atoms with Crippen molar-refractivity contribution >= 4 is 11.8 Å². The Morgan fingerprint density at radius 1 is 1.17 bits per heavy atom. The van der Waals surface area contributed by atoms with Crippen molar-refractivity contribution in [2.45, 2.75) is 29.7 Å². The zero-order chi connectivity index (χ0) is 13.1. The van der Waals surface area contributed by atoms with E-state index in [9.17, 15) is 9.50 Å². The summed E-state index contributed by atoms with van der Waals surface area (Å²) in [4.78, 5) is 1.97. The number of halogens is 1. The van der Waals surface area contributed by atoms with Crippen LogP contribution < -0.4 is 0 Å². The molecular weight excluding hydrogens is 247 g/mol. The van der Waals surface area contributed by atoms with Crippen LogP contribution in [0.15, 0.2) is 52.3 Å². The van der Waals surface area contributed by atoms with Crippen LogP contribution in [-0.2, 0) is 0 Å². The molecule has 94 valence electrons. The highest BCUT2D eigenvalue weighted by atomic mass is 32.2. The molecular formula is C15H15FOS. The van der Waals surface area contributed by atoms with Crippen LogP contribution in [0.3, 0.4) is 0 Å². The number of rotatable bonds is 3. The van der Waals surface area contributed by atoms with Gasteiger partial charge in [-0.3, -0.25) is 0 Å². The molecule has 0 spiro atoms. The molecule has 1 N–H and O–H groups in total. The zero-order valence-electron chi connectivity index (χ0n) is 10.4. The maximum atomic E-state index is 13.5. The summed E-state index contributed by atoms with van der Waals surface area (Å²) in [5.74, 6) is -0.275. The maximum absolute atomic E-state index is 13.5. The molecule has 0 aliphatic heterocycles. The number of aryl methyl sites for hydroxylation is 1. The van der Waals surface area contributed by atoms with Crippen LogP contribution in [0.1, 0.15) is 24.2 Å². The molecule has 0 saturated carbocycles. The highest BCUT2D eigenvalue weighted by molar-refractivity contribution is 7.99. The lowest BCUT2D eigenvalue weighted by molar-refractivity contribution is 0.196. The molecule has 0 aromatic heterocycles. The Labute approximate surface area is 111 Å². The first-order chi connectivity index (χ1) is 8.58. The van der Waals surface area contributed by atoms with E-state index in [-0.39, 0.29) is 5.82 Å². The van der Waals surface area contributed by atoms with E-state index in [1.54, 1.807) is 19.9 Å². The molecule has 0 fully saturated rings. The summed E-state index contributed by atoms with van der Waals surface area (Å²) < 4.78 is 13.5. The van der Waals surface area contributed by atoms with Crippen molar-refractivity contribution in [2.75, 3.05) is 0 Å². The molecule has 0 aliphatic rings. The zero-order valence-corrected chi connectivity index (χ0v) is 11.2. The van der Waals surface area contributed by atoms with E-state index in [1.165, 1.54) is 17.8 Å². The van der Waals surface area contributed by atoms with E-state index in [0.29, 0.717) is 11.1 Å². The molecule has 0 radical (unpaired) electrons. The van der Waals surface area contributed by atoms with Gasteiger partial charge in [0.05, 0.1) is 6.10 Å². The summed E-state index contributed by atoms with van der Waals surface area (Å²) in [7, 11) is 0. The SMILES string of the molecule is Cc1cc(Sc2ccccc2)c([C@H](C)O)cc1F. The van der Waals surface area contributed by atoms with E-state index >= 15 is 0 Å². The molecule has 0 unspecified atom stereocenters. The van der Waals surface area contributed by atoms with Crippen LogP contribution in [0, 0.1) is 12.7 Å². The summed E-state index contributed by atoms with van der Waals surface area (Å²) in [6, 6.07) is 13.1. The Kier molecular flexibility index (Phi) is 4.04. The molecule has 2 rings (SSSR count). The van der Waals surface area contributed by atoms with Crippen molar-refractivity contribution < 1.29 is 9.50 Å². The first-order valence-corrected chi connectivity index (χ1v) is 6.60. The summed E-state index contributed by atoms with van der Waals surface area (Å²) in [6.45, 7) is 3.38. The van der Waals surface area contributed by atoms with Gasteiger partial charge in [-0.25, -0.2) is 4.39 Å². The summed E-state index contributed by atoms with van der Waals surface area (Å²) in [5.41, 5.74) is 1.23. The van der Waals surface area contributed by atoms with E-state index in [0.717, 1.165) is 9.79 Å². The lowest BCUT2D eigenvalue weighted by Gasteiger charge is -2.13. The molecule has 18 heavy (non-hydrogen) atoms. The first-order valence-electron chi connectivity index (χ1n) is 5.79. The first kappa shape index (κ1) is 13.1. The number of aliphatic hydroxyl groups is 1. The summed E-state index contributed by atoms with van der Waals surface area (Å²) >= 11 is 1.54. The molecule has 0 saturated heterocycles. The predicted octanol–water partition coefficient (Wildman–Crippen LogP) is 4.34. The molecule has 2 aromatic rings. The Hall–Kier alpha value is -1.32. The van der Waals surface area contributed by atoms with Crippen molar-refractivity contribution in [3.05, 3.63) is 59.4 Å². The molecule has 0 bridgehead atoms. The number of aliphatic hydroxyl groups excluding tert-OH is 1. The monoisotopic (exact) mass is 262 g/mol. The van der Waals surface area contributed by atoms with Gasteiger partial charge in [-0.1, -0.05) is 30.0 Å². The van der Waals surface area contributed by atoms with E-state index in [1.807, 2.05) is 30.3 Å². The fourth-order valence-corrected chi connectivity index (χ4v) is 2.83. The van der Waals surface area contributed by atoms with E-state index < -0.39 is 6.10 Å². The lowest BCUT2D eigenvalue weighted by atomic mass is 10.1. The smallest absolute Gasteiger partial charge is 0.126 e. The van der Waals surface area contributed by atoms with Crippen molar-refractivity contribution in [1.29, 1.82) is 0 Å². The Morgan fingerprint density at radius 2 is 1.83 bits per heavy atom. The second kappa shape index (κ2) is 5.55. The lowest BCUT2D eigenvalue weighted by Crippen LogP contribution is -1.97. The van der Waals surface area contributed by atoms with Crippen molar-refractivity contribution in [1.82, 2.24) is 0 Å². The van der Waals surface area contributed by atoms with Gasteiger partial charge < -0.3 is 5.11 Å². The van der Waals surface area contributed by atoms with Crippen LogP contribution in [0.25, 0.3) is 0 Å². The van der Waals surface area contributed by atoms with Crippen LogP contribution in [0.4, 0.5) is 4.39 Å². The van der Waals surface area contributed by atoms with Gasteiger partial charge in [-0.15, -0.1) is 0 Å². The largest absolute Gasteiger partial charge is 0.389 e. The van der Waals surface area contributed by atoms with Gasteiger partial charge in [0.2, 0.25) is 0 Å². The van der Waals surface area contributed by atoms with Crippen molar-refractivity contribution in [2.24, 2.45) is 0 Å². The second-order valence-electron chi connectivity index (χ2n) is 4.23. The minimum atomic E-state index is -0.675.